The maximum Gasteiger partial charge on any atom is 0.219 e. The fourth-order valence-electron chi connectivity index (χ4n) is 1.69. The van der Waals surface area contributed by atoms with Crippen LogP contribution in [-0.4, -0.2) is 12.1 Å². The summed E-state index contributed by atoms with van der Waals surface area (Å²) in [6.07, 6.45) is 1.72. The number of ether oxygens (including phenoxy) is 2. The van der Waals surface area contributed by atoms with Gasteiger partial charge in [-0.25, -0.2) is 4.98 Å². The Labute approximate surface area is 113 Å². The van der Waals surface area contributed by atoms with E-state index < -0.39 is 0 Å². The second kappa shape index (κ2) is 5.71. The molecule has 1 aromatic heterocycles. The molecule has 0 amide bonds. The molecule has 0 aliphatic rings. The highest BCUT2D eigenvalue weighted by Gasteiger charge is 2.07. The van der Waals surface area contributed by atoms with E-state index in [-0.39, 0.29) is 6.04 Å². The van der Waals surface area contributed by atoms with Gasteiger partial charge in [0.15, 0.2) is 11.5 Å². The van der Waals surface area contributed by atoms with Crippen molar-refractivity contribution < 1.29 is 9.47 Å². The lowest BCUT2D eigenvalue weighted by atomic mass is 10.2. The Morgan fingerprint density at radius 3 is 2.53 bits per heavy atom. The minimum atomic E-state index is -0.0320. The molecule has 0 aliphatic carbocycles. The van der Waals surface area contributed by atoms with Crippen LogP contribution in [0.5, 0.6) is 17.4 Å². The smallest absolute Gasteiger partial charge is 0.219 e. The monoisotopic (exact) mass is 258 g/mol. The lowest BCUT2D eigenvalue weighted by Crippen LogP contribution is -2.05. The van der Waals surface area contributed by atoms with Gasteiger partial charge in [0.25, 0.3) is 0 Å². The molecule has 0 aliphatic heterocycles. The maximum atomic E-state index is 5.78. The average molecular weight is 258 g/mol. The molecule has 1 atom stereocenters. The summed E-state index contributed by atoms with van der Waals surface area (Å²) in [6.45, 7) is 3.92. The first-order valence-electron chi connectivity index (χ1n) is 6.14. The van der Waals surface area contributed by atoms with Gasteiger partial charge in [-0.1, -0.05) is 12.1 Å². The molecule has 0 radical (unpaired) electrons. The molecule has 4 heteroatoms. The van der Waals surface area contributed by atoms with Crippen LogP contribution in [0.1, 0.15) is 24.1 Å². The summed E-state index contributed by atoms with van der Waals surface area (Å²) in [5, 5.41) is 0. The lowest BCUT2D eigenvalue weighted by Gasteiger charge is -2.11. The normalized spacial score (nSPS) is 12.0. The van der Waals surface area contributed by atoms with Gasteiger partial charge in [0.1, 0.15) is 0 Å². The van der Waals surface area contributed by atoms with Crippen molar-refractivity contribution in [3.63, 3.8) is 0 Å². The molecule has 0 bridgehead atoms. The third kappa shape index (κ3) is 3.23. The first kappa shape index (κ1) is 13.4. The zero-order valence-electron chi connectivity index (χ0n) is 11.4. The van der Waals surface area contributed by atoms with Gasteiger partial charge in [-0.15, -0.1) is 0 Å². The Morgan fingerprint density at radius 2 is 1.95 bits per heavy atom. The molecular weight excluding hydrogens is 240 g/mol. The molecule has 0 spiro atoms. The van der Waals surface area contributed by atoms with Crippen LogP contribution >= 0.6 is 0 Å². The molecule has 4 nitrogen and oxygen atoms in total. The van der Waals surface area contributed by atoms with Crippen molar-refractivity contribution in [3.8, 4) is 17.4 Å². The second-order valence-corrected chi connectivity index (χ2v) is 4.47. The Bertz CT molecular complexity index is 551. The third-order valence-electron chi connectivity index (χ3n) is 2.82. The van der Waals surface area contributed by atoms with Gasteiger partial charge in [-0.3, -0.25) is 0 Å². The van der Waals surface area contributed by atoms with Crippen molar-refractivity contribution in [1.82, 2.24) is 4.98 Å². The molecule has 0 fully saturated rings. The third-order valence-corrected chi connectivity index (χ3v) is 2.82. The van der Waals surface area contributed by atoms with E-state index in [0.717, 1.165) is 11.1 Å². The van der Waals surface area contributed by atoms with Gasteiger partial charge >= 0.3 is 0 Å². The molecular formula is C15H18N2O2. The summed E-state index contributed by atoms with van der Waals surface area (Å²) in [4.78, 5) is 4.24. The maximum absolute atomic E-state index is 5.78. The Balaban J connectivity index is 2.21. The molecule has 19 heavy (non-hydrogen) atoms. The van der Waals surface area contributed by atoms with Crippen LogP contribution in [0.15, 0.2) is 36.5 Å². The lowest BCUT2D eigenvalue weighted by molar-refractivity contribution is 0.373. The number of aryl methyl sites for hydroxylation is 1. The first-order valence-corrected chi connectivity index (χ1v) is 6.14. The Hall–Kier alpha value is -2.07. The molecule has 0 unspecified atom stereocenters. The summed E-state index contributed by atoms with van der Waals surface area (Å²) in [7, 11) is 1.62. The van der Waals surface area contributed by atoms with Crippen LogP contribution in [0.3, 0.4) is 0 Å². The van der Waals surface area contributed by atoms with Gasteiger partial charge in [-0.2, -0.15) is 0 Å². The SMILES string of the molecule is COc1cc(C)ccc1Oc1ccc([C@H](C)N)cn1. The predicted octanol–water partition coefficient (Wildman–Crippen LogP) is 3.21. The molecule has 2 N–H and O–H groups in total. The van der Waals surface area contributed by atoms with Crippen molar-refractivity contribution in [2.24, 2.45) is 5.73 Å². The summed E-state index contributed by atoms with van der Waals surface area (Å²) in [6, 6.07) is 9.44. The van der Waals surface area contributed by atoms with Crippen LogP contribution in [0.2, 0.25) is 0 Å². The van der Waals surface area contributed by atoms with E-state index in [1.165, 1.54) is 0 Å². The first-order chi connectivity index (χ1) is 9.10. The summed E-state index contributed by atoms with van der Waals surface area (Å²) < 4.78 is 11.0. The van der Waals surface area contributed by atoms with Crippen LogP contribution in [-0.2, 0) is 0 Å². The van der Waals surface area contributed by atoms with E-state index >= 15 is 0 Å². The predicted molar refractivity (Wildman–Crippen MR) is 74.6 cm³/mol. The highest BCUT2D eigenvalue weighted by Crippen LogP contribution is 2.31. The van der Waals surface area contributed by atoms with Gasteiger partial charge in [-0.05, 0) is 37.1 Å². The summed E-state index contributed by atoms with van der Waals surface area (Å²) in [5.41, 5.74) is 7.87. The van der Waals surface area contributed by atoms with Gasteiger partial charge in [0.2, 0.25) is 5.88 Å². The number of hydrogen-bond donors (Lipinski definition) is 1. The number of nitrogens with two attached hydrogens (primary N) is 1. The summed E-state index contributed by atoms with van der Waals surface area (Å²) >= 11 is 0. The molecule has 2 aromatic rings. The van der Waals surface area contributed by atoms with Crippen molar-refractivity contribution in [2.75, 3.05) is 7.11 Å². The van der Waals surface area contributed by atoms with E-state index in [9.17, 15) is 0 Å². The van der Waals surface area contributed by atoms with Crippen molar-refractivity contribution in [2.45, 2.75) is 19.9 Å². The second-order valence-electron chi connectivity index (χ2n) is 4.47. The van der Waals surface area contributed by atoms with Crippen molar-refractivity contribution >= 4 is 0 Å². The van der Waals surface area contributed by atoms with Crippen molar-refractivity contribution in [1.29, 1.82) is 0 Å². The number of aromatic nitrogens is 1. The highest BCUT2D eigenvalue weighted by atomic mass is 16.5. The van der Waals surface area contributed by atoms with E-state index in [2.05, 4.69) is 4.98 Å². The molecule has 1 heterocycles. The minimum absolute atomic E-state index is 0.0320. The largest absolute Gasteiger partial charge is 0.493 e. The zero-order valence-corrected chi connectivity index (χ0v) is 11.4. The number of benzene rings is 1. The van der Waals surface area contributed by atoms with Crippen LogP contribution in [0, 0.1) is 6.92 Å². The van der Waals surface area contributed by atoms with Gasteiger partial charge in [0, 0.05) is 18.3 Å². The molecule has 2 rings (SSSR count). The zero-order chi connectivity index (χ0) is 13.8. The summed E-state index contributed by atoms with van der Waals surface area (Å²) in [5.74, 6) is 1.86. The average Bonchev–Trinajstić information content (AvgIpc) is 2.41. The number of rotatable bonds is 4. The number of nitrogens with zero attached hydrogens (tertiary/aromatic N) is 1. The van der Waals surface area contributed by atoms with Crippen LogP contribution in [0.4, 0.5) is 0 Å². The van der Waals surface area contributed by atoms with Gasteiger partial charge in [0.05, 0.1) is 7.11 Å². The molecule has 1 aromatic carbocycles. The fraction of sp³-hybridized carbons (Fsp3) is 0.267. The number of hydrogen-bond acceptors (Lipinski definition) is 4. The van der Waals surface area contributed by atoms with E-state index in [1.54, 1.807) is 19.4 Å². The number of methoxy groups -OCH3 is 1. The molecule has 0 saturated carbocycles. The van der Waals surface area contributed by atoms with Gasteiger partial charge < -0.3 is 15.2 Å². The highest BCUT2D eigenvalue weighted by molar-refractivity contribution is 5.44. The standard InChI is InChI=1S/C15H18N2O2/c1-10-4-6-13(14(8-10)18-3)19-15-7-5-12(9-17-15)11(2)16/h4-9,11H,16H2,1-3H3/t11-/m0/s1. The Kier molecular flexibility index (Phi) is 4.02. The van der Waals surface area contributed by atoms with Crippen LogP contribution < -0.4 is 15.2 Å². The minimum Gasteiger partial charge on any atom is -0.493 e. The van der Waals surface area contributed by atoms with E-state index in [1.807, 2.05) is 38.1 Å². The topological polar surface area (TPSA) is 57.4 Å². The van der Waals surface area contributed by atoms with Crippen LogP contribution in [0.25, 0.3) is 0 Å². The van der Waals surface area contributed by atoms with E-state index in [0.29, 0.717) is 17.4 Å². The van der Waals surface area contributed by atoms with Crippen molar-refractivity contribution in [3.05, 3.63) is 47.7 Å². The number of pyridine rings is 1. The quantitative estimate of drug-likeness (QED) is 0.914. The fourth-order valence-corrected chi connectivity index (χ4v) is 1.69. The Morgan fingerprint density at radius 1 is 1.16 bits per heavy atom. The molecule has 100 valence electrons. The van der Waals surface area contributed by atoms with E-state index in [4.69, 9.17) is 15.2 Å². The molecule has 0 saturated heterocycles.